The molecule has 3 rings (SSSR count). The zero-order valence-corrected chi connectivity index (χ0v) is 13.7. The molecule has 0 bridgehead atoms. The van der Waals surface area contributed by atoms with Crippen LogP contribution in [0.5, 0.6) is 0 Å². The lowest BCUT2D eigenvalue weighted by molar-refractivity contribution is -0.359. The molecule has 1 atom stereocenters. The van der Waals surface area contributed by atoms with E-state index in [2.05, 4.69) is 57.0 Å². The number of ether oxygens (including phenoxy) is 1. The number of benzene rings is 1. The van der Waals surface area contributed by atoms with Gasteiger partial charge < -0.3 is 4.74 Å². The highest BCUT2D eigenvalue weighted by Crippen LogP contribution is 2.41. The SMILES string of the molecule is CC1(C)CCCC(C)(C)N1OC1OCCc2ccccc21. The topological polar surface area (TPSA) is 21.7 Å². The van der Waals surface area contributed by atoms with Crippen LogP contribution in [0.25, 0.3) is 0 Å². The van der Waals surface area contributed by atoms with Crippen molar-refractivity contribution in [1.29, 1.82) is 0 Å². The van der Waals surface area contributed by atoms with Gasteiger partial charge in [-0.25, -0.2) is 0 Å². The molecule has 21 heavy (non-hydrogen) atoms. The van der Waals surface area contributed by atoms with Crippen LogP contribution in [0.15, 0.2) is 24.3 Å². The van der Waals surface area contributed by atoms with Crippen molar-refractivity contribution in [3.05, 3.63) is 35.4 Å². The van der Waals surface area contributed by atoms with Crippen molar-refractivity contribution in [2.24, 2.45) is 0 Å². The van der Waals surface area contributed by atoms with Gasteiger partial charge in [0.1, 0.15) is 0 Å². The number of hydrogen-bond donors (Lipinski definition) is 0. The van der Waals surface area contributed by atoms with Crippen LogP contribution < -0.4 is 0 Å². The van der Waals surface area contributed by atoms with Gasteiger partial charge in [0.05, 0.1) is 6.61 Å². The molecule has 1 unspecified atom stereocenters. The number of fused-ring (bicyclic) bond motifs is 1. The van der Waals surface area contributed by atoms with E-state index >= 15 is 0 Å². The summed E-state index contributed by atoms with van der Waals surface area (Å²) in [6, 6.07) is 8.47. The number of nitrogens with zero attached hydrogens (tertiary/aromatic N) is 1. The van der Waals surface area contributed by atoms with Crippen LogP contribution in [-0.2, 0) is 16.0 Å². The highest BCUT2D eigenvalue weighted by molar-refractivity contribution is 5.29. The van der Waals surface area contributed by atoms with Crippen LogP contribution in [-0.4, -0.2) is 22.7 Å². The molecule has 1 aromatic carbocycles. The second kappa shape index (κ2) is 5.38. The first kappa shape index (κ1) is 15.0. The van der Waals surface area contributed by atoms with Gasteiger partial charge in [0.25, 0.3) is 0 Å². The van der Waals surface area contributed by atoms with E-state index in [9.17, 15) is 0 Å². The van der Waals surface area contributed by atoms with E-state index in [1.54, 1.807) is 0 Å². The Morgan fingerprint density at radius 2 is 1.76 bits per heavy atom. The van der Waals surface area contributed by atoms with Gasteiger partial charge in [-0.15, -0.1) is 0 Å². The molecule has 1 aromatic rings. The Labute approximate surface area is 128 Å². The number of hydroxylamine groups is 2. The molecule has 116 valence electrons. The maximum atomic E-state index is 6.40. The zero-order chi connectivity index (χ0) is 15.1. The lowest BCUT2D eigenvalue weighted by atomic mass is 9.82. The lowest BCUT2D eigenvalue weighted by Crippen LogP contribution is -2.58. The molecule has 0 spiro atoms. The minimum absolute atomic E-state index is 0.0392. The quantitative estimate of drug-likeness (QED) is 0.813. The van der Waals surface area contributed by atoms with Crippen LogP contribution in [0.2, 0.25) is 0 Å². The fraction of sp³-hybridized carbons (Fsp3) is 0.667. The van der Waals surface area contributed by atoms with Crippen LogP contribution >= 0.6 is 0 Å². The van der Waals surface area contributed by atoms with Gasteiger partial charge >= 0.3 is 0 Å². The van der Waals surface area contributed by atoms with E-state index in [0.717, 1.165) is 25.9 Å². The average Bonchev–Trinajstić information content (AvgIpc) is 2.42. The summed E-state index contributed by atoms with van der Waals surface area (Å²) < 4.78 is 5.93. The number of hydrogen-bond acceptors (Lipinski definition) is 3. The Morgan fingerprint density at radius 1 is 1.10 bits per heavy atom. The summed E-state index contributed by atoms with van der Waals surface area (Å²) in [6.45, 7) is 9.80. The molecule has 0 saturated carbocycles. The van der Waals surface area contributed by atoms with E-state index in [1.807, 2.05) is 0 Å². The van der Waals surface area contributed by atoms with Crippen molar-refractivity contribution in [2.45, 2.75) is 70.7 Å². The normalized spacial score (nSPS) is 28.1. The predicted octanol–water partition coefficient (Wildman–Crippen LogP) is 4.23. The summed E-state index contributed by atoms with van der Waals surface area (Å²) in [5.74, 6) is 0. The second-order valence-electron chi connectivity index (χ2n) is 7.53. The minimum Gasteiger partial charge on any atom is -0.347 e. The minimum atomic E-state index is -0.272. The maximum Gasteiger partial charge on any atom is 0.203 e. The van der Waals surface area contributed by atoms with Crippen molar-refractivity contribution in [3.63, 3.8) is 0 Å². The number of piperidine rings is 1. The first-order chi connectivity index (χ1) is 9.90. The van der Waals surface area contributed by atoms with Gasteiger partial charge in [0.15, 0.2) is 0 Å². The average molecular weight is 289 g/mol. The molecule has 0 aromatic heterocycles. The highest BCUT2D eigenvalue weighted by Gasteiger charge is 2.44. The van der Waals surface area contributed by atoms with Crippen molar-refractivity contribution in [3.8, 4) is 0 Å². The largest absolute Gasteiger partial charge is 0.347 e. The summed E-state index contributed by atoms with van der Waals surface area (Å²) in [5, 5.41) is 2.19. The monoisotopic (exact) mass is 289 g/mol. The zero-order valence-electron chi connectivity index (χ0n) is 13.7. The fourth-order valence-corrected chi connectivity index (χ4v) is 3.80. The Morgan fingerprint density at radius 3 is 2.48 bits per heavy atom. The Bertz CT molecular complexity index is 494. The van der Waals surface area contributed by atoms with Crippen LogP contribution in [0.4, 0.5) is 0 Å². The van der Waals surface area contributed by atoms with E-state index in [1.165, 1.54) is 17.5 Å². The summed E-state index contributed by atoms with van der Waals surface area (Å²) in [6.07, 6.45) is 4.27. The van der Waals surface area contributed by atoms with Crippen molar-refractivity contribution in [2.75, 3.05) is 6.61 Å². The smallest absolute Gasteiger partial charge is 0.203 e. The molecule has 3 nitrogen and oxygen atoms in total. The molecule has 0 aliphatic carbocycles. The lowest BCUT2D eigenvalue weighted by Gasteiger charge is -2.52. The molecule has 0 amide bonds. The third-order valence-corrected chi connectivity index (χ3v) is 4.83. The van der Waals surface area contributed by atoms with Crippen molar-refractivity contribution >= 4 is 0 Å². The third-order valence-electron chi connectivity index (χ3n) is 4.83. The van der Waals surface area contributed by atoms with Gasteiger partial charge in [-0.3, -0.25) is 4.84 Å². The van der Waals surface area contributed by atoms with Gasteiger partial charge in [-0.2, -0.15) is 5.06 Å². The summed E-state index contributed by atoms with van der Waals surface area (Å²) in [7, 11) is 0. The van der Waals surface area contributed by atoms with Crippen molar-refractivity contribution < 1.29 is 9.57 Å². The molecule has 1 saturated heterocycles. The summed E-state index contributed by atoms with van der Waals surface area (Å²) >= 11 is 0. The molecular weight excluding hydrogens is 262 g/mol. The molecule has 0 radical (unpaired) electrons. The van der Waals surface area contributed by atoms with E-state index in [0.29, 0.717) is 0 Å². The van der Waals surface area contributed by atoms with Crippen molar-refractivity contribution in [1.82, 2.24) is 5.06 Å². The van der Waals surface area contributed by atoms with Gasteiger partial charge in [-0.1, -0.05) is 24.3 Å². The van der Waals surface area contributed by atoms with E-state index < -0.39 is 0 Å². The Kier molecular flexibility index (Phi) is 3.85. The molecule has 0 N–H and O–H groups in total. The first-order valence-electron chi connectivity index (χ1n) is 8.07. The van der Waals surface area contributed by atoms with Crippen LogP contribution in [0.3, 0.4) is 0 Å². The molecule has 2 aliphatic heterocycles. The predicted molar refractivity (Wildman–Crippen MR) is 83.8 cm³/mol. The second-order valence-corrected chi connectivity index (χ2v) is 7.53. The standard InChI is InChI=1S/C18H27NO2/c1-17(2)11-7-12-18(3,4)19(17)21-16-15-9-6-5-8-14(15)10-13-20-16/h5-6,8-9,16H,7,10-13H2,1-4H3. The number of rotatable bonds is 2. The van der Waals surface area contributed by atoms with E-state index in [4.69, 9.17) is 9.57 Å². The van der Waals surface area contributed by atoms with Crippen LogP contribution in [0.1, 0.15) is 64.4 Å². The fourth-order valence-electron chi connectivity index (χ4n) is 3.80. The third kappa shape index (κ3) is 2.87. The molecule has 2 aliphatic rings. The molecule has 2 heterocycles. The van der Waals surface area contributed by atoms with Gasteiger partial charge in [0.2, 0.25) is 6.29 Å². The maximum absolute atomic E-state index is 6.40. The summed E-state index contributed by atoms with van der Waals surface area (Å²) in [4.78, 5) is 6.40. The van der Waals surface area contributed by atoms with E-state index in [-0.39, 0.29) is 17.4 Å². The molecular formula is C18H27NO2. The molecule has 1 fully saturated rings. The first-order valence-corrected chi connectivity index (χ1v) is 8.07. The Balaban J connectivity index is 1.86. The molecule has 3 heteroatoms. The summed E-state index contributed by atoms with van der Waals surface area (Å²) in [5.41, 5.74) is 2.61. The Hall–Kier alpha value is -0.900. The van der Waals surface area contributed by atoms with Crippen LogP contribution in [0, 0.1) is 0 Å². The van der Waals surface area contributed by atoms with Gasteiger partial charge in [0, 0.05) is 16.6 Å². The highest BCUT2D eigenvalue weighted by atomic mass is 16.8. The van der Waals surface area contributed by atoms with Gasteiger partial charge in [-0.05, 0) is 58.9 Å².